The number of carboxylic acids is 1. The number of carboxylic acid groups (broad SMARTS) is 1. The standard InChI is InChI=1S/C18H20N2O6S/c1-18(2,3)17(24)19-11-4-6-12(7-5-11)20-27(25,26)13-8-9-15(21)14(10-13)16(22)23/h4-10,20-21H,1-3H3,(H,19,24)(H,22,23). The molecule has 27 heavy (non-hydrogen) atoms. The first-order valence-corrected chi connectivity index (χ1v) is 9.39. The number of carbonyl (C=O) groups is 2. The molecule has 0 bridgehead atoms. The molecular formula is C18H20N2O6S. The number of rotatable bonds is 5. The Kier molecular flexibility index (Phi) is 5.46. The fraction of sp³-hybridized carbons (Fsp3) is 0.222. The summed E-state index contributed by atoms with van der Waals surface area (Å²) in [5, 5.41) is 21.2. The van der Waals surface area contributed by atoms with Gasteiger partial charge in [0.05, 0.1) is 4.90 Å². The molecule has 8 nitrogen and oxygen atoms in total. The topological polar surface area (TPSA) is 133 Å². The molecule has 0 saturated carbocycles. The Morgan fingerprint density at radius 2 is 1.52 bits per heavy atom. The van der Waals surface area contributed by atoms with Crippen LogP contribution in [0.5, 0.6) is 5.75 Å². The Hall–Kier alpha value is -3.07. The lowest BCUT2D eigenvalue weighted by Gasteiger charge is -2.17. The molecule has 2 rings (SSSR count). The molecule has 144 valence electrons. The van der Waals surface area contributed by atoms with E-state index in [1.54, 1.807) is 32.9 Å². The lowest BCUT2D eigenvalue weighted by Crippen LogP contribution is -2.27. The van der Waals surface area contributed by atoms with E-state index in [0.717, 1.165) is 18.2 Å². The monoisotopic (exact) mass is 392 g/mol. The van der Waals surface area contributed by atoms with Gasteiger partial charge in [-0.1, -0.05) is 20.8 Å². The SMILES string of the molecule is CC(C)(C)C(=O)Nc1ccc(NS(=O)(=O)c2ccc(O)c(C(=O)O)c2)cc1. The molecule has 0 unspecified atom stereocenters. The van der Waals surface area contributed by atoms with E-state index in [2.05, 4.69) is 10.0 Å². The number of benzene rings is 2. The second kappa shape index (κ2) is 7.28. The van der Waals surface area contributed by atoms with Crippen LogP contribution in [0, 0.1) is 5.41 Å². The molecule has 0 radical (unpaired) electrons. The van der Waals surface area contributed by atoms with Gasteiger partial charge in [-0.15, -0.1) is 0 Å². The second-order valence-corrected chi connectivity index (χ2v) is 8.55. The van der Waals surface area contributed by atoms with E-state index in [0.29, 0.717) is 5.69 Å². The van der Waals surface area contributed by atoms with Crippen LogP contribution in [0.1, 0.15) is 31.1 Å². The molecule has 0 heterocycles. The van der Waals surface area contributed by atoms with Crippen molar-refractivity contribution in [2.24, 2.45) is 5.41 Å². The summed E-state index contributed by atoms with van der Waals surface area (Å²) < 4.78 is 27.2. The zero-order valence-corrected chi connectivity index (χ0v) is 15.8. The minimum absolute atomic E-state index is 0.180. The van der Waals surface area contributed by atoms with E-state index in [1.807, 2.05) is 0 Å². The third-order valence-electron chi connectivity index (χ3n) is 3.58. The van der Waals surface area contributed by atoms with Gasteiger partial charge in [0.15, 0.2) is 0 Å². The highest BCUT2D eigenvalue weighted by Crippen LogP contribution is 2.24. The van der Waals surface area contributed by atoms with E-state index in [1.165, 1.54) is 12.1 Å². The van der Waals surface area contributed by atoms with Crippen LogP contribution >= 0.6 is 0 Å². The lowest BCUT2D eigenvalue weighted by molar-refractivity contribution is -0.123. The number of sulfonamides is 1. The van der Waals surface area contributed by atoms with Crippen LogP contribution in [0.4, 0.5) is 11.4 Å². The molecule has 2 aromatic carbocycles. The Morgan fingerprint density at radius 3 is 2.04 bits per heavy atom. The quantitative estimate of drug-likeness (QED) is 0.618. The third kappa shape index (κ3) is 4.98. The van der Waals surface area contributed by atoms with Gasteiger partial charge in [0.1, 0.15) is 11.3 Å². The molecule has 0 atom stereocenters. The Morgan fingerprint density at radius 1 is 0.963 bits per heavy atom. The second-order valence-electron chi connectivity index (χ2n) is 6.87. The molecule has 0 saturated heterocycles. The number of phenols is 1. The van der Waals surface area contributed by atoms with E-state index >= 15 is 0 Å². The normalized spacial score (nSPS) is 11.7. The molecule has 0 aliphatic rings. The summed E-state index contributed by atoms with van der Waals surface area (Å²) in [6.45, 7) is 5.32. The highest BCUT2D eigenvalue weighted by Gasteiger charge is 2.21. The summed E-state index contributed by atoms with van der Waals surface area (Å²) in [5.74, 6) is -2.15. The van der Waals surface area contributed by atoms with Crippen LogP contribution in [0.15, 0.2) is 47.4 Å². The molecule has 4 N–H and O–H groups in total. The summed E-state index contributed by atoms with van der Waals surface area (Å²) in [6, 6.07) is 8.99. The predicted octanol–water partition coefficient (Wildman–Crippen LogP) is 2.88. The van der Waals surface area contributed by atoms with Crippen molar-refractivity contribution in [2.45, 2.75) is 25.7 Å². The third-order valence-corrected chi connectivity index (χ3v) is 4.96. The predicted molar refractivity (Wildman–Crippen MR) is 100 cm³/mol. The van der Waals surface area contributed by atoms with Gasteiger partial charge in [-0.25, -0.2) is 13.2 Å². The van der Waals surface area contributed by atoms with E-state index < -0.39 is 32.7 Å². The van der Waals surface area contributed by atoms with Crippen LogP contribution < -0.4 is 10.0 Å². The minimum atomic E-state index is -4.06. The number of nitrogens with one attached hydrogen (secondary N) is 2. The van der Waals surface area contributed by atoms with E-state index in [-0.39, 0.29) is 16.5 Å². The van der Waals surface area contributed by atoms with Gasteiger partial charge in [0, 0.05) is 16.8 Å². The van der Waals surface area contributed by atoms with Crippen molar-refractivity contribution in [3.05, 3.63) is 48.0 Å². The van der Waals surface area contributed by atoms with Crippen molar-refractivity contribution in [3.8, 4) is 5.75 Å². The average molecular weight is 392 g/mol. The average Bonchev–Trinajstić information content (AvgIpc) is 2.55. The zero-order valence-electron chi connectivity index (χ0n) is 15.0. The minimum Gasteiger partial charge on any atom is -0.507 e. The number of carbonyl (C=O) groups excluding carboxylic acids is 1. The van der Waals surface area contributed by atoms with Crippen molar-refractivity contribution in [1.29, 1.82) is 0 Å². The summed E-state index contributed by atoms with van der Waals surface area (Å²) in [7, 11) is -4.06. The Balaban J connectivity index is 2.20. The molecular weight excluding hydrogens is 372 g/mol. The smallest absolute Gasteiger partial charge is 0.339 e. The van der Waals surface area contributed by atoms with Gasteiger partial charge in [-0.2, -0.15) is 0 Å². The highest BCUT2D eigenvalue weighted by atomic mass is 32.2. The molecule has 0 aliphatic carbocycles. The van der Waals surface area contributed by atoms with Crippen LogP contribution in [0.2, 0.25) is 0 Å². The number of hydrogen-bond donors (Lipinski definition) is 4. The van der Waals surface area contributed by atoms with Gasteiger partial charge in [0.2, 0.25) is 5.91 Å². The highest BCUT2D eigenvalue weighted by molar-refractivity contribution is 7.92. The van der Waals surface area contributed by atoms with Crippen LogP contribution in [-0.2, 0) is 14.8 Å². The van der Waals surface area contributed by atoms with Crippen molar-refractivity contribution in [1.82, 2.24) is 0 Å². The largest absolute Gasteiger partial charge is 0.507 e. The molecule has 0 spiro atoms. The van der Waals surface area contributed by atoms with E-state index in [4.69, 9.17) is 5.11 Å². The van der Waals surface area contributed by atoms with Crippen LogP contribution in [0.25, 0.3) is 0 Å². The van der Waals surface area contributed by atoms with Gasteiger partial charge >= 0.3 is 5.97 Å². The van der Waals surface area contributed by atoms with Crippen molar-refractivity contribution >= 4 is 33.3 Å². The first kappa shape index (κ1) is 20.2. The molecule has 2 aromatic rings. The van der Waals surface area contributed by atoms with Gasteiger partial charge in [-0.05, 0) is 42.5 Å². The van der Waals surface area contributed by atoms with Crippen LogP contribution in [-0.4, -0.2) is 30.5 Å². The summed E-state index contributed by atoms with van der Waals surface area (Å²) in [6.07, 6.45) is 0. The maximum absolute atomic E-state index is 12.4. The summed E-state index contributed by atoms with van der Waals surface area (Å²) >= 11 is 0. The summed E-state index contributed by atoms with van der Waals surface area (Å²) in [4.78, 5) is 22.7. The number of aromatic carboxylic acids is 1. The number of amides is 1. The molecule has 9 heteroatoms. The van der Waals surface area contributed by atoms with Crippen molar-refractivity contribution < 1.29 is 28.2 Å². The van der Waals surface area contributed by atoms with Gasteiger partial charge < -0.3 is 15.5 Å². The Bertz CT molecular complexity index is 976. The first-order valence-electron chi connectivity index (χ1n) is 7.91. The maximum Gasteiger partial charge on any atom is 0.339 e. The van der Waals surface area contributed by atoms with Crippen molar-refractivity contribution in [3.63, 3.8) is 0 Å². The first-order chi connectivity index (χ1) is 12.4. The number of anilines is 2. The lowest BCUT2D eigenvalue weighted by atomic mass is 9.95. The Labute approximate surface area is 156 Å². The molecule has 0 fully saturated rings. The van der Waals surface area contributed by atoms with E-state index in [9.17, 15) is 23.1 Å². The number of hydrogen-bond acceptors (Lipinski definition) is 5. The molecule has 0 aromatic heterocycles. The number of aromatic hydroxyl groups is 1. The fourth-order valence-corrected chi connectivity index (χ4v) is 3.09. The molecule has 1 amide bonds. The maximum atomic E-state index is 12.4. The fourth-order valence-electron chi connectivity index (χ4n) is 2.01. The van der Waals surface area contributed by atoms with Gasteiger partial charge in [0.25, 0.3) is 10.0 Å². The zero-order chi connectivity index (χ0) is 20.4. The van der Waals surface area contributed by atoms with Gasteiger partial charge in [-0.3, -0.25) is 9.52 Å². The van der Waals surface area contributed by atoms with Crippen molar-refractivity contribution in [2.75, 3.05) is 10.0 Å². The van der Waals surface area contributed by atoms with Crippen LogP contribution in [0.3, 0.4) is 0 Å². The summed E-state index contributed by atoms with van der Waals surface area (Å²) in [5.41, 5.74) is -0.344. The molecule has 0 aliphatic heterocycles.